The molecule has 0 aliphatic carbocycles. The molecule has 5 heteroatoms. The molecule has 1 aromatic heterocycles. The smallest absolute Gasteiger partial charge is 0.0857 e. The summed E-state index contributed by atoms with van der Waals surface area (Å²) in [5.41, 5.74) is 6.93. The van der Waals surface area contributed by atoms with Crippen LogP contribution in [-0.4, -0.2) is 23.3 Å². The van der Waals surface area contributed by atoms with Crippen LogP contribution in [0.15, 0.2) is 0 Å². The summed E-state index contributed by atoms with van der Waals surface area (Å²) in [4.78, 5) is 1.03. The van der Waals surface area contributed by atoms with Crippen LogP contribution in [0.1, 0.15) is 37.4 Å². The molecule has 80 valence electrons. The monoisotopic (exact) mass is 215 g/mol. The molecule has 4 nitrogen and oxygen atoms in total. The fraction of sp³-hybridized carbons (Fsp3) is 0.778. The predicted octanol–water partition coefficient (Wildman–Crippen LogP) is 1.48. The van der Waals surface area contributed by atoms with Gasteiger partial charge in [-0.25, -0.2) is 0 Å². The molecular formula is C9H17N3OS. The summed E-state index contributed by atoms with van der Waals surface area (Å²) >= 11 is 1.36. The molecule has 0 fully saturated rings. The lowest BCUT2D eigenvalue weighted by Crippen LogP contribution is -2.21. The number of methoxy groups -OCH3 is 1. The summed E-state index contributed by atoms with van der Waals surface area (Å²) in [5.74, 6) is 0. The van der Waals surface area contributed by atoms with Gasteiger partial charge in [0.25, 0.3) is 0 Å². The summed E-state index contributed by atoms with van der Waals surface area (Å²) < 4.78 is 8.97. The molecule has 0 radical (unpaired) electrons. The van der Waals surface area contributed by atoms with Crippen molar-refractivity contribution in [3.63, 3.8) is 0 Å². The highest BCUT2D eigenvalue weighted by Gasteiger charge is 2.25. The maximum Gasteiger partial charge on any atom is 0.0857 e. The molecule has 0 aliphatic heterocycles. The highest BCUT2D eigenvalue weighted by Crippen LogP contribution is 2.29. The maximum atomic E-state index is 5.95. The second-order valence-electron chi connectivity index (χ2n) is 4.30. The molecule has 0 spiro atoms. The molecule has 0 bridgehead atoms. The predicted molar refractivity (Wildman–Crippen MR) is 57.4 cm³/mol. The van der Waals surface area contributed by atoms with Crippen LogP contribution < -0.4 is 5.73 Å². The molecule has 0 aliphatic rings. The minimum Gasteiger partial charge on any atom is -0.383 e. The van der Waals surface area contributed by atoms with Crippen molar-refractivity contribution in [3.05, 3.63) is 10.6 Å². The van der Waals surface area contributed by atoms with E-state index < -0.39 is 0 Å². The van der Waals surface area contributed by atoms with Gasteiger partial charge in [0.15, 0.2) is 0 Å². The van der Waals surface area contributed by atoms with Gasteiger partial charge in [0, 0.05) is 12.5 Å². The van der Waals surface area contributed by atoms with Crippen molar-refractivity contribution < 1.29 is 4.74 Å². The third-order valence-electron chi connectivity index (χ3n) is 1.91. The lowest BCUT2D eigenvalue weighted by atomic mass is 9.90. The van der Waals surface area contributed by atoms with E-state index in [9.17, 15) is 0 Å². The van der Waals surface area contributed by atoms with Crippen molar-refractivity contribution in [1.82, 2.24) is 9.59 Å². The van der Waals surface area contributed by atoms with Gasteiger partial charge in [-0.2, -0.15) is 0 Å². The number of rotatable bonds is 3. The molecule has 1 aromatic rings. The van der Waals surface area contributed by atoms with Crippen LogP contribution in [0.2, 0.25) is 0 Å². The Bertz CT molecular complexity index is 292. The number of nitrogens with two attached hydrogens (primary N) is 1. The third kappa shape index (κ3) is 2.50. The molecule has 1 heterocycles. The standard InChI is InChI=1S/C9H17N3OS/c1-9(2,3)8-7(14-12-11-8)6(10)5-13-4/h6H,5,10H2,1-4H3. The maximum absolute atomic E-state index is 5.95. The lowest BCUT2D eigenvalue weighted by Gasteiger charge is -2.18. The van der Waals surface area contributed by atoms with E-state index in [1.165, 1.54) is 11.5 Å². The fourth-order valence-electron chi connectivity index (χ4n) is 1.22. The van der Waals surface area contributed by atoms with E-state index in [1.54, 1.807) is 7.11 Å². The summed E-state index contributed by atoms with van der Waals surface area (Å²) in [7, 11) is 1.64. The Hall–Kier alpha value is -0.520. The average molecular weight is 215 g/mol. The lowest BCUT2D eigenvalue weighted by molar-refractivity contribution is 0.181. The van der Waals surface area contributed by atoms with Gasteiger partial charge in [0.05, 0.1) is 23.2 Å². The summed E-state index contributed by atoms with van der Waals surface area (Å²) in [5, 5.41) is 4.12. The molecule has 1 unspecified atom stereocenters. The summed E-state index contributed by atoms with van der Waals surface area (Å²) in [6.45, 7) is 6.82. The fourth-order valence-corrected chi connectivity index (χ4v) is 2.06. The zero-order valence-corrected chi connectivity index (χ0v) is 9.89. The average Bonchev–Trinajstić information content (AvgIpc) is 2.50. The van der Waals surface area contributed by atoms with E-state index in [2.05, 4.69) is 30.4 Å². The number of hydrogen-bond acceptors (Lipinski definition) is 5. The quantitative estimate of drug-likeness (QED) is 0.829. The first-order chi connectivity index (χ1) is 6.46. The first kappa shape index (κ1) is 11.6. The van der Waals surface area contributed by atoms with E-state index in [0.717, 1.165) is 10.6 Å². The van der Waals surface area contributed by atoms with Crippen molar-refractivity contribution in [2.24, 2.45) is 5.73 Å². The van der Waals surface area contributed by atoms with Crippen molar-refractivity contribution in [2.75, 3.05) is 13.7 Å². The van der Waals surface area contributed by atoms with Crippen molar-refractivity contribution in [3.8, 4) is 0 Å². The van der Waals surface area contributed by atoms with Crippen LogP contribution in [0.5, 0.6) is 0 Å². The third-order valence-corrected chi connectivity index (χ3v) is 2.76. The molecule has 14 heavy (non-hydrogen) atoms. The Morgan fingerprint density at radius 3 is 2.64 bits per heavy atom. The van der Waals surface area contributed by atoms with Crippen LogP contribution in [0.25, 0.3) is 0 Å². The topological polar surface area (TPSA) is 61.0 Å². The van der Waals surface area contributed by atoms with Crippen LogP contribution in [0.4, 0.5) is 0 Å². The minimum atomic E-state index is -0.116. The Labute approximate surface area is 88.6 Å². The SMILES string of the molecule is COCC(N)c1snnc1C(C)(C)C. The van der Waals surface area contributed by atoms with E-state index >= 15 is 0 Å². The highest BCUT2D eigenvalue weighted by atomic mass is 32.1. The van der Waals surface area contributed by atoms with Crippen LogP contribution in [0.3, 0.4) is 0 Å². The Kier molecular flexibility index (Phi) is 3.58. The van der Waals surface area contributed by atoms with Gasteiger partial charge in [-0.15, -0.1) is 5.10 Å². The van der Waals surface area contributed by atoms with E-state index in [1.807, 2.05) is 0 Å². The Balaban J connectivity index is 2.93. The van der Waals surface area contributed by atoms with Gasteiger partial charge in [-0.3, -0.25) is 0 Å². The van der Waals surface area contributed by atoms with Crippen LogP contribution in [-0.2, 0) is 10.2 Å². The second kappa shape index (κ2) is 4.33. The summed E-state index contributed by atoms with van der Waals surface area (Å²) in [6, 6.07) is -0.116. The molecular weight excluding hydrogens is 198 g/mol. The second-order valence-corrected chi connectivity index (χ2v) is 5.08. The van der Waals surface area contributed by atoms with Crippen LogP contribution >= 0.6 is 11.5 Å². The molecule has 2 N–H and O–H groups in total. The number of hydrogen-bond donors (Lipinski definition) is 1. The largest absolute Gasteiger partial charge is 0.383 e. The molecule has 0 aromatic carbocycles. The molecule has 0 amide bonds. The van der Waals surface area contributed by atoms with Gasteiger partial charge in [0.1, 0.15) is 0 Å². The van der Waals surface area contributed by atoms with Crippen molar-refractivity contribution >= 4 is 11.5 Å². The molecule has 0 saturated carbocycles. The van der Waals surface area contributed by atoms with Gasteiger partial charge in [-0.1, -0.05) is 25.3 Å². The highest BCUT2D eigenvalue weighted by molar-refractivity contribution is 7.05. The van der Waals surface area contributed by atoms with E-state index in [0.29, 0.717) is 6.61 Å². The van der Waals surface area contributed by atoms with Crippen LogP contribution in [0, 0.1) is 0 Å². The van der Waals surface area contributed by atoms with Gasteiger partial charge < -0.3 is 10.5 Å². The minimum absolute atomic E-state index is 0.00626. The molecule has 1 rings (SSSR count). The normalized spacial score (nSPS) is 14.4. The Morgan fingerprint density at radius 1 is 1.50 bits per heavy atom. The number of ether oxygens (including phenoxy) is 1. The molecule has 1 atom stereocenters. The Morgan fingerprint density at radius 2 is 2.14 bits per heavy atom. The van der Waals surface area contributed by atoms with Crippen molar-refractivity contribution in [2.45, 2.75) is 32.2 Å². The van der Waals surface area contributed by atoms with E-state index in [4.69, 9.17) is 10.5 Å². The zero-order chi connectivity index (χ0) is 10.8. The number of aromatic nitrogens is 2. The first-order valence-electron chi connectivity index (χ1n) is 4.54. The van der Waals surface area contributed by atoms with Gasteiger partial charge in [0.2, 0.25) is 0 Å². The number of nitrogens with zero attached hydrogens (tertiary/aromatic N) is 2. The molecule has 0 saturated heterocycles. The van der Waals surface area contributed by atoms with E-state index in [-0.39, 0.29) is 11.5 Å². The first-order valence-corrected chi connectivity index (χ1v) is 5.31. The zero-order valence-electron chi connectivity index (χ0n) is 9.07. The van der Waals surface area contributed by atoms with Gasteiger partial charge in [-0.05, 0) is 11.5 Å². The summed E-state index contributed by atoms with van der Waals surface area (Å²) in [6.07, 6.45) is 0. The van der Waals surface area contributed by atoms with Crippen molar-refractivity contribution in [1.29, 1.82) is 0 Å². The van der Waals surface area contributed by atoms with Gasteiger partial charge >= 0.3 is 0 Å².